The summed E-state index contributed by atoms with van der Waals surface area (Å²) in [5, 5.41) is 4.88. The molecule has 26 heavy (non-hydrogen) atoms. The van der Waals surface area contributed by atoms with Gasteiger partial charge in [0.25, 0.3) is 5.91 Å². The maximum Gasteiger partial charge on any atom is 0.322 e. The first-order valence-corrected chi connectivity index (χ1v) is 10.0. The van der Waals surface area contributed by atoms with E-state index < -0.39 is 11.6 Å². The number of rotatable bonds is 7. The van der Waals surface area contributed by atoms with Gasteiger partial charge in [0.15, 0.2) is 0 Å². The molecule has 0 unspecified atom stereocenters. The fourth-order valence-electron chi connectivity index (χ4n) is 3.43. The number of amides is 4. The lowest BCUT2D eigenvalue weighted by atomic mass is 9.95. The van der Waals surface area contributed by atoms with Gasteiger partial charge in [-0.2, -0.15) is 0 Å². The van der Waals surface area contributed by atoms with Crippen LogP contribution in [0.25, 0.3) is 0 Å². The minimum atomic E-state index is -0.892. The Morgan fingerprint density at radius 2 is 2.08 bits per heavy atom. The molecular formula is C19H25N3O3S. The number of carbonyl (C=O) groups excluding carboxylic acids is 3. The van der Waals surface area contributed by atoms with Gasteiger partial charge in [0, 0.05) is 30.2 Å². The number of hydrogen-bond donors (Lipinski definition) is 2. The Morgan fingerprint density at radius 1 is 1.31 bits per heavy atom. The fraction of sp³-hybridized carbons (Fsp3) is 0.526. The number of urea groups is 1. The summed E-state index contributed by atoms with van der Waals surface area (Å²) in [6.45, 7) is 3.32. The Labute approximate surface area is 158 Å². The van der Waals surface area contributed by atoms with Crippen LogP contribution in [0.1, 0.15) is 32.6 Å². The second-order valence-electron chi connectivity index (χ2n) is 7.21. The largest absolute Gasteiger partial charge is 0.342 e. The lowest BCUT2D eigenvalue weighted by Crippen LogP contribution is -2.43. The molecule has 0 bridgehead atoms. The van der Waals surface area contributed by atoms with Crippen molar-refractivity contribution in [3.63, 3.8) is 0 Å². The predicted octanol–water partition coefficient (Wildman–Crippen LogP) is 2.40. The highest BCUT2D eigenvalue weighted by Crippen LogP contribution is 2.26. The third-order valence-electron chi connectivity index (χ3n) is 5.05. The van der Waals surface area contributed by atoms with Crippen LogP contribution in [0, 0.1) is 5.92 Å². The number of likely N-dealkylation sites (tertiary alicyclic amines) is 1. The van der Waals surface area contributed by atoms with Crippen LogP contribution in [0.4, 0.5) is 4.79 Å². The smallest absolute Gasteiger partial charge is 0.322 e. The molecule has 4 amide bonds. The Morgan fingerprint density at radius 3 is 2.77 bits per heavy atom. The molecule has 2 atom stereocenters. The van der Waals surface area contributed by atoms with Crippen molar-refractivity contribution in [2.75, 3.05) is 18.8 Å². The molecule has 0 spiro atoms. The molecule has 2 aliphatic heterocycles. The van der Waals surface area contributed by atoms with Gasteiger partial charge in [-0.1, -0.05) is 18.2 Å². The van der Waals surface area contributed by atoms with Crippen molar-refractivity contribution in [3.8, 4) is 0 Å². The van der Waals surface area contributed by atoms with E-state index in [-0.39, 0.29) is 11.8 Å². The van der Waals surface area contributed by atoms with Gasteiger partial charge in [-0.25, -0.2) is 4.79 Å². The topological polar surface area (TPSA) is 78.5 Å². The van der Waals surface area contributed by atoms with Crippen molar-refractivity contribution in [1.29, 1.82) is 0 Å². The summed E-state index contributed by atoms with van der Waals surface area (Å²) in [6, 6.07) is 9.87. The molecule has 7 heteroatoms. The Hall–Kier alpha value is -2.02. The van der Waals surface area contributed by atoms with Crippen LogP contribution in [0.2, 0.25) is 0 Å². The van der Waals surface area contributed by atoms with E-state index in [0.29, 0.717) is 25.2 Å². The molecule has 0 aliphatic carbocycles. The monoisotopic (exact) mass is 375 g/mol. The van der Waals surface area contributed by atoms with E-state index in [1.165, 1.54) is 4.90 Å². The third kappa shape index (κ3) is 4.58. The quantitative estimate of drug-likeness (QED) is 0.567. The van der Waals surface area contributed by atoms with E-state index in [1.807, 2.05) is 34.9 Å². The minimum Gasteiger partial charge on any atom is -0.342 e. The third-order valence-corrected chi connectivity index (χ3v) is 6.30. The Bertz CT molecular complexity index is 682. The number of nitrogens with zero attached hydrogens (tertiary/aromatic N) is 1. The van der Waals surface area contributed by atoms with Gasteiger partial charge in [0.05, 0.1) is 0 Å². The zero-order valence-corrected chi connectivity index (χ0v) is 15.8. The highest BCUT2D eigenvalue weighted by Gasteiger charge is 2.41. The zero-order valence-electron chi connectivity index (χ0n) is 15.0. The lowest BCUT2D eigenvalue weighted by molar-refractivity contribution is -0.131. The number of benzene rings is 1. The van der Waals surface area contributed by atoms with Gasteiger partial charge >= 0.3 is 6.03 Å². The van der Waals surface area contributed by atoms with E-state index in [0.717, 1.165) is 25.3 Å². The molecule has 2 N–H and O–H groups in total. The van der Waals surface area contributed by atoms with E-state index in [4.69, 9.17) is 0 Å². The first-order chi connectivity index (χ1) is 12.5. The van der Waals surface area contributed by atoms with Gasteiger partial charge < -0.3 is 10.2 Å². The van der Waals surface area contributed by atoms with Gasteiger partial charge in [-0.15, -0.1) is 11.8 Å². The highest BCUT2D eigenvalue weighted by atomic mass is 32.2. The van der Waals surface area contributed by atoms with Crippen molar-refractivity contribution in [2.45, 2.75) is 43.0 Å². The van der Waals surface area contributed by atoms with Gasteiger partial charge in [0.2, 0.25) is 5.91 Å². The molecule has 0 saturated carbocycles. The van der Waals surface area contributed by atoms with E-state index in [1.54, 1.807) is 6.92 Å². The Balaban J connectivity index is 1.38. The average Bonchev–Trinajstić information content (AvgIpc) is 3.18. The molecule has 2 heterocycles. The summed E-state index contributed by atoms with van der Waals surface area (Å²) < 4.78 is 0. The molecule has 3 rings (SSSR count). The molecule has 2 fully saturated rings. The lowest BCUT2D eigenvalue weighted by Gasteiger charge is -2.21. The fourth-order valence-corrected chi connectivity index (χ4v) is 4.48. The van der Waals surface area contributed by atoms with Crippen LogP contribution < -0.4 is 10.6 Å². The normalized spacial score (nSPS) is 25.3. The SMILES string of the molecule is C[C@]1(CCCC(=O)N2CC[C@H](CSc3ccccc3)C2)NC(=O)NC1=O. The van der Waals surface area contributed by atoms with Gasteiger partial charge in [-0.3, -0.25) is 14.9 Å². The van der Waals surface area contributed by atoms with Crippen molar-refractivity contribution in [2.24, 2.45) is 5.92 Å². The second-order valence-corrected chi connectivity index (χ2v) is 8.31. The molecule has 6 nitrogen and oxygen atoms in total. The molecule has 0 radical (unpaired) electrons. The summed E-state index contributed by atoms with van der Waals surface area (Å²) in [7, 11) is 0. The van der Waals surface area contributed by atoms with Crippen LogP contribution in [0.5, 0.6) is 0 Å². The van der Waals surface area contributed by atoms with E-state index >= 15 is 0 Å². The van der Waals surface area contributed by atoms with Crippen LogP contribution in [0.15, 0.2) is 35.2 Å². The second kappa shape index (κ2) is 8.12. The van der Waals surface area contributed by atoms with Crippen molar-refractivity contribution in [3.05, 3.63) is 30.3 Å². The van der Waals surface area contributed by atoms with Crippen LogP contribution in [-0.4, -0.2) is 47.1 Å². The van der Waals surface area contributed by atoms with Gasteiger partial charge in [-0.05, 0) is 44.2 Å². The van der Waals surface area contributed by atoms with Crippen LogP contribution in [0.3, 0.4) is 0 Å². The molecular weight excluding hydrogens is 350 g/mol. The van der Waals surface area contributed by atoms with E-state index in [2.05, 4.69) is 22.8 Å². The summed E-state index contributed by atoms with van der Waals surface area (Å²) in [4.78, 5) is 38.7. The predicted molar refractivity (Wildman–Crippen MR) is 101 cm³/mol. The van der Waals surface area contributed by atoms with Crippen molar-refractivity contribution in [1.82, 2.24) is 15.5 Å². The Kier molecular flexibility index (Phi) is 5.86. The van der Waals surface area contributed by atoms with Gasteiger partial charge in [0.1, 0.15) is 5.54 Å². The summed E-state index contributed by atoms with van der Waals surface area (Å²) in [5.74, 6) is 1.39. The number of nitrogens with one attached hydrogen (secondary N) is 2. The standard InChI is InChI=1S/C19H25N3O3S/c1-19(17(24)20-18(25)21-19)10-5-8-16(23)22-11-9-14(12-22)13-26-15-6-3-2-4-7-15/h2-4,6-7,14H,5,8-13H2,1H3,(H2,20,21,24,25)/t14-,19+/m0/s1. The van der Waals surface area contributed by atoms with Crippen molar-refractivity contribution < 1.29 is 14.4 Å². The maximum atomic E-state index is 12.4. The first-order valence-electron chi connectivity index (χ1n) is 9.05. The minimum absolute atomic E-state index is 0.144. The van der Waals surface area contributed by atoms with Crippen molar-refractivity contribution >= 4 is 29.6 Å². The summed E-state index contributed by atoms with van der Waals surface area (Å²) in [5.41, 5.74) is -0.892. The average molecular weight is 375 g/mol. The summed E-state index contributed by atoms with van der Waals surface area (Å²) in [6.07, 6.45) is 2.51. The number of imide groups is 1. The molecule has 1 aromatic rings. The first kappa shape index (κ1) is 18.8. The number of carbonyl (C=O) groups is 3. The van der Waals surface area contributed by atoms with Crippen LogP contribution >= 0.6 is 11.8 Å². The molecule has 1 aromatic carbocycles. The van der Waals surface area contributed by atoms with E-state index in [9.17, 15) is 14.4 Å². The zero-order chi connectivity index (χ0) is 18.6. The number of thioether (sulfide) groups is 1. The summed E-state index contributed by atoms with van der Waals surface area (Å²) >= 11 is 1.84. The van der Waals surface area contributed by atoms with Crippen LogP contribution in [-0.2, 0) is 9.59 Å². The highest BCUT2D eigenvalue weighted by molar-refractivity contribution is 7.99. The molecule has 0 aromatic heterocycles. The molecule has 2 aliphatic rings. The molecule has 2 saturated heterocycles. The molecule has 140 valence electrons. The number of hydrogen-bond acceptors (Lipinski definition) is 4. The maximum absolute atomic E-state index is 12.4.